The van der Waals surface area contributed by atoms with Gasteiger partial charge in [0.1, 0.15) is 6.67 Å². The number of hydrogen-bond donors (Lipinski definition) is 1. The van der Waals surface area contributed by atoms with Crippen LogP contribution in [0, 0.1) is 0 Å². The quantitative estimate of drug-likeness (QED) is 0.641. The second-order valence-electron chi connectivity index (χ2n) is 4.19. The lowest BCUT2D eigenvalue weighted by Gasteiger charge is -2.10. The first kappa shape index (κ1) is 11.9. The maximum atomic E-state index is 4.08. The molecule has 3 aromatic rings. The van der Waals surface area contributed by atoms with Crippen LogP contribution < -0.4 is 5.32 Å². The highest BCUT2D eigenvalue weighted by Gasteiger charge is 1.99. The number of benzene rings is 2. The van der Waals surface area contributed by atoms with Crippen LogP contribution in [0.4, 0.5) is 5.69 Å². The Kier molecular flexibility index (Phi) is 3.56. The number of hydrogen-bond acceptors (Lipinski definition) is 3. The molecular weight excluding hydrogens is 252 g/mol. The van der Waals surface area contributed by atoms with Crippen molar-refractivity contribution >= 4 is 33.3 Å². The van der Waals surface area contributed by atoms with Crippen LogP contribution in [0.25, 0.3) is 10.1 Å². The lowest BCUT2D eigenvalue weighted by molar-refractivity contribution is 1.13. The monoisotopic (exact) mass is 266 g/mol. The number of para-hydroxylation sites is 1. The third-order valence-corrected chi connectivity index (χ3v) is 3.81. The zero-order chi connectivity index (χ0) is 12.9. The van der Waals surface area contributed by atoms with E-state index in [9.17, 15) is 0 Å². The second-order valence-corrected chi connectivity index (χ2v) is 5.14. The van der Waals surface area contributed by atoms with Crippen molar-refractivity contribution in [3.8, 4) is 0 Å². The summed E-state index contributed by atoms with van der Waals surface area (Å²) >= 11 is 1.79. The molecule has 0 saturated heterocycles. The van der Waals surface area contributed by atoms with Gasteiger partial charge in [0, 0.05) is 22.2 Å². The third-order valence-electron chi connectivity index (χ3n) is 2.91. The Hall–Kier alpha value is -2.13. The summed E-state index contributed by atoms with van der Waals surface area (Å²) in [6, 6.07) is 18.7. The van der Waals surface area contributed by atoms with Gasteiger partial charge in [-0.3, -0.25) is 4.99 Å². The molecule has 2 aromatic carbocycles. The molecular formula is C16H14N2S. The molecule has 1 N–H and O–H groups in total. The number of nitrogens with zero attached hydrogens (tertiary/aromatic N) is 1. The zero-order valence-corrected chi connectivity index (χ0v) is 11.2. The number of thiophene rings is 1. The highest BCUT2D eigenvalue weighted by molar-refractivity contribution is 7.17. The van der Waals surface area contributed by atoms with Crippen molar-refractivity contribution in [2.24, 2.45) is 4.99 Å². The number of aliphatic imine (C=N–C) groups is 1. The van der Waals surface area contributed by atoms with E-state index in [2.05, 4.69) is 52.1 Å². The first-order valence-electron chi connectivity index (χ1n) is 6.18. The summed E-state index contributed by atoms with van der Waals surface area (Å²) < 4.78 is 1.37. The van der Waals surface area contributed by atoms with E-state index in [4.69, 9.17) is 0 Å². The average Bonchev–Trinajstić information content (AvgIpc) is 2.96. The molecule has 0 saturated carbocycles. The molecule has 2 heterocycles. The van der Waals surface area contributed by atoms with E-state index in [0.29, 0.717) is 6.67 Å². The second kappa shape index (κ2) is 5.67. The standard InChI is InChI=1S/C8H8N2.C8H6S/c1-2-4-8-7(3-1)5-9-6-10-8;1-2-4-8-7(3-1)5-6-9-8/h1-5,10H,6H2;1-6H. The minimum Gasteiger partial charge on any atom is -0.366 e. The van der Waals surface area contributed by atoms with Gasteiger partial charge in [0.15, 0.2) is 0 Å². The van der Waals surface area contributed by atoms with Crippen molar-refractivity contribution in [3.05, 3.63) is 65.5 Å². The maximum Gasteiger partial charge on any atom is 0.107 e. The first-order chi connectivity index (χ1) is 9.43. The van der Waals surface area contributed by atoms with Crippen molar-refractivity contribution in [2.75, 3.05) is 12.0 Å². The Bertz CT molecular complexity index is 670. The first-order valence-corrected chi connectivity index (χ1v) is 7.06. The Morgan fingerprint density at radius 2 is 1.79 bits per heavy atom. The minimum atomic E-state index is 0.705. The van der Waals surface area contributed by atoms with Crippen LogP contribution >= 0.6 is 11.3 Å². The van der Waals surface area contributed by atoms with Crippen molar-refractivity contribution in [1.82, 2.24) is 0 Å². The zero-order valence-electron chi connectivity index (χ0n) is 10.4. The highest BCUT2D eigenvalue weighted by atomic mass is 32.1. The lowest BCUT2D eigenvalue weighted by atomic mass is 10.2. The molecule has 0 fully saturated rings. The van der Waals surface area contributed by atoms with Gasteiger partial charge in [0.2, 0.25) is 0 Å². The third kappa shape index (κ3) is 2.83. The van der Waals surface area contributed by atoms with E-state index in [0.717, 1.165) is 0 Å². The van der Waals surface area contributed by atoms with Gasteiger partial charge < -0.3 is 5.32 Å². The van der Waals surface area contributed by atoms with E-state index in [1.165, 1.54) is 21.3 Å². The molecule has 3 heteroatoms. The number of rotatable bonds is 0. The molecule has 4 rings (SSSR count). The van der Waals surface area contributed by atoms with E-state index < -0.39 is 0 Å². The molecule has 19 heavy (non-hydrogen) atoms. The van der Waals surface area contributed by atoms with E-state index in [1.807, 2.05) is 24.4 Å². The van der Waals surface area contributed by atoms with Crippen LogP contribution in [-0.2, 0) is 0 Å². The summed E-state index contributed by atoms with van der Waals surface area (Å²) in [5.74, 6) is 0. The van der Waals surface area contributed by atoms with E-state index in [1.54, 1.807) is 11.3 Å². The summed E-state index contributed by atoms with van der Waals surface area (Å²) in [7, 11) is 0. The topological polar surface area (TPSA) is 24.4 Å². The van der Waals surface area contributed by atoms with E-state index in [-0.39, 0.29) is 0 Å². The molecule has 0 atom stereocenters. The molecule has 1 aliphatic heterocycles. The van der Waals surface area contributed by atoms with Gasteiger partial charge in [0.05, 0.1) is 0 Å². The molecule has 0 bridgehead atoms. The molecule has 2 nitrogen and oxygen atoms in total. The molecule has 94 valence electrons. The Balaban J connectivity index is 0.000000117. The Morgan fingerprint density at radius 1 is 0.947 bits per heavy atom. The summed E-state index contributed by atoms with van der Waals surface area (Å²) in [6.45, 7) is 0.705. The predicted molar refractivity (Wildman–Crippen MR) is 84.4 cm³/mol. The normalized spacial score (nSPS) is 12.2. The maximum absolute atomic E-state index is 4.08. The largest absolute Gasteiger partial charge is 0.366 e. The van der Waals surface area contributed by atoms with E-state index >= 15 is 0 Å². The summed E-state index contributed by atoms with van der Waals surface area (Å²) in [5, 5.41) is 6.63. The van der Waals surface area contributed by atoms with Crippen LogP contribution in [0.3, 0.4) is 0 Å². The predicted octanol–water partition coefficient (Wildman–Crippen LogP) is 4.39. The van der Waals surface area contributed by atoms with Gasteiger partial charge in [-0.25, -0.2) is 0 Å². The van der Waals surface area contributed by atoms with Gasteiger partial charge in [-0.2, -0.15) is 0 Å². The molecule has 0 radical (unpaired) electrons. The number of nitrogens with one attached hydrogen (secondary N) is 1. The van der Waals surface area contributed by atoms with Crippen LogP contribution in [0.1, 0.15) is 5.56 Å². The average molecular weight is 266 g/mol. The van der Waals surface area contributed by atoms with Crippen LogP contribution in [0.5, 0.6) is 0 Å². The minimum absolute atomic E-state index is 0.705. The smallest absolute Gasteiger partial charge is 0.107 e. The molecule has 0 aliphatic carbocycles. The van der Waals surface area contributed by atoms with Crippen molar-refractivity contribution < 1.29 is 0 Å². The van der Waals surface area contributed by atoms with Crippen LogP contribution in [0.15, 0.2) is 65.0 Å². The van der Waals surface area contributed by atoms with Gasteiger partial charge in [-0.1, -0.05) is 36.4 Å². The van der Waals surface area contributed by atoms with Gasteiger partial charge in [0.25, 0.3) is 0 Å². The fraction of sp³-hybridized carbons (Fsp3) is 0.0625. The van der Waals surface area contributed by atoms with Crippen LogP contribution in [-0.4, -0.2) is 12.9 Å². The van der Waals surface area contributed by atoms with Crippen molar-refractivity contribution in [3.63, 3.8) is 0 Å². The Labute approximate surface area is 116 Å². The summed E-state index contributed by atoms with van der Waals surface area (Å²) in [6.07, 6.45) is 1.89. The van der Waals surface area contributed by atoms with Crippen molar-refractivity contribution in [1.29, 1.82) is 0 Å². The SMILES string of the molecule is C1=NCNc2ccccc21.c1ccc2sccc2c1. The van der Waals surface area contributed by atoms with Gasteiger partial charge in [-0.05, 0) is 29.0 Å². The summed E-state index contributed by atoms with van der Waals surface area (Å²) in [4.78, 5) is 4.08. The molecule has 1 aromatic heterocycles. The van der Waals surface area contributed by atoms with Gasteiger partial charge in [-0.15, -0.1) is 11.3 Å². The molecule has 1 aliphatic rings. The summed E-state index contributed by atoms with van der Waals surface area (Å²) in [5.41, 5.74) is 2.35. The fourth-order valence-corrected chi connectivity index (χ4v) is 2.74. The molecule has 0 spiro atoms. The Morgan fingerprint density at radius 3 is 2.68 bits per heavy atom. The number of anilines is 1. The van der Waals surface area contributed by atoms with Gasteiger partial charge >= 0.3 is 0 Å². The highest BCUT2D eigenvalue weighted by Crippen LogP contribution is 2.18. The lowest BCUT2D eigenvalue weighted by Crippen LogP contribution is -2.06. The fourth-order valence-electron chi connectivity index (χ4n) is 1.95. The van der Waals surface area contributed by atoms with Crippen molar-refractivity contribution in [2.45, 2.75) is 0 Å². The molecule has 0 amide bonds. The number of fused-ring (bicyclic) bond motifs is 2. The molecule has 0 unspecified atom stereocenters. The van der Waals surface area contributed by atoms with Crippen LogP contribution in [0.2, 0.25) is 0 Å².